The average molecular weight is 472 g/mol. The van der Waals surface area contributed by atoms with Crippen LogP contribution in [0.25, 0.3) is 0 Å². The van der Waals surface area contributed by atoms with E-state index in [4.69, 9.17) is 4.74 Å². The molecular formula is C28H29N3O4. The van der Waals surface area contributed by atoms with Crippen molar-refractivity contribution in [3.8, 4) is 11.5 Å². The second-order valence-corrected chi connectivity index (χ2v) is 9.01. The van der Waals surface area contributed by atoms with E-state index in [1.54, 1.807) is 18.2 Å². The first-order valence-corrected chi connectivity index (χ1v) is 11.9. The van der Waals surface area contributed by atoms with Crippen molar-refractivity contribution in [3.63, 3.8) is 0 Å². The molecule has 5 rings (SSSR count). The number of phenols is 1. The van der Waals surface area contributed by atoms with Crippen molar-refractivity contribution in [2.45, 2.75) is 19.5 Å². The number of methoxy groups -OCH3 is 1. The Kier molecular flexibility index (Phi) is 6.17. The highest BCUT2D eigenvalue weighted by Crippen LogP contribution is 2.35. The molecule has 2 aliphatic heterocycles. The topological polar surface area (TPSA) is 73.3 Å². The predicted molar refractivity (Wildman–Crippen MR) is 134 cm³/mol. The lowest BCUT2D eigenvalue weighted by Gasteiger charge is -2.39. The average Bonchev–Trinajstić information content (AvgIpc) is 3.14. The zero-order chi connectivity index (χ0) is 24.5. The van der Waals surface area contributed by atoms with Gasteiger partial charge in [0.25, 0.3) is 11.8 Å². The first-order valence-electron chi connectivity index (χ1n) is 11.9. The molecule has 1 fully saturated rings. The van der Waals surface area contributed by atoms with Crippen LogP contribution in [0.5, 0.6) is 11.5 Å². The largest absolute Gasteiger partial charge is 0.504 e. The molecule has 2 amide bonds. The SMILES string of the molecule is COc1ccc(CN2C(=O)c3cccc(N4CCN([C@H](C)c5ccccc5)CC4)c3C2=O)cc1O. The minimum absolute atomic E-state index is 0.0232. The van der Waals surface area contributed by atoms with Crippen LogP contribution in [0.2, 0.25) is 0 Å². The zero-order valence-electron chi connectivity index (χ0n) is 20.0. The highest BCUT2D eigenvalue weighted by atomic mass is 16.5. The van der Waals surface area contributed by atoms with E-state index in [0.29, 0.717) is 28.5 Å². The number of benzene rings is 3. The number of piperazine rings is 1. The zero-order valence-corrected chi connectivity index (χ0v) is 20.0. The highest BCUT2D eigenvalue weighted by Gasteiger charge is 2.39. The third kappa shape index (κ3) is 4.23. The number of ether oxygens (including phenoxy) is 1. The molecular weight excluding hydrogens is 442 g/mol. The van der Waals surface area contributed by atoms with E-state index >= 15 is 0 Å². The Bertz CT molecular complexity index is 1250. The Morgan fingerprint density at radius 3 is 2.34 bits per heavy atom. The smallest absolute Gasteiger partial charge is 0.263 e. The summed E-state index contributed by atoms with van der Waals surface area (Å²) in [5, 5.41) is 10.1. The van der Waals surface area contributed by atoms with Crippen LogP contribution in [0.3, 0.4) is 0 Å². The van der Waals surface area contributed by atoms with Gasteiger partial charge < -0.3 is 14.7 Å². The number of hydrogen-bond donors (Lipinski definition) is 1. The summed E-state index contributed by atoms with van der Waals surface area (Å²) >= 11 is 0. The summed E-state index contributed by atoms with van der Waals surface area (Å²) in [5.41, 5.74) is 3.67. The minimum atomic E-state index is -0.307. The second-order valence-electron chi connectivity index (χ2n) is 9.01. The van der Waals surface area contributed by atoms with E-state index in [1.165, 1.54) is 23.6 Å². The molecule has 35 heavy (non-hydrogen) atoms. The molecule has 7 heteroatoms. The Morgan fingerprint density at radius 1 is 0.914 bits per heavy atom. The van der Waals surface area contributed by atoms with Crippen LogP contribution < -0.4 is 9.64 Å². The molecule has 3 aromatic carbocycles. The van der Waals surface area contributed by atoms with Crippen LogP contribution in [0.4, 0.5) is 5.69 Å². The molecule has 1 N–H and O–H groups in total. The number of anilines is 1. The Hall–Kier alpha value is -3.84. The Labute approximate surface area is 205 Å². The van der Waals surface area contributed by atoms with Gasteiger partial charge in [-0.25, -0.2) is 0 Å². The molecule has 0 spiro atoms. The number of carbonyl (C=O) groups excluding carboxylic acids is 2. The summed E-state index contributed by atoms with van der Waals surface area (Å²) in [4.78, 5) is 32.5. The molecule has 0 radical (unpaired) electrons. The number of amides is 2. The number of nitrogens with zero attached hydrogens (tertiary/aromatic N) is 3. The summed E-state index contributed by atoms with van der Waals surface area (Å²) in [6, 6.07) is 21.2. The van der Waals surface area contributed by atoms with Gasteiger partial charge in [0.1, 0.15) is 0 Å². The van der Waals surface area contributed by atoms with Gasteiger partial charge in [0.2, 0.25) is 0 Å². The van der Waals surface area contributed by atoms with Crippen molar-refractivity contribution in [3.05, 3.63) is 89.0 Å². The standard InChI is InChI=1S/C28H29N3O4/c1-19(21-7-4-3-5-8-21)29-13-15-30(16-14-29)23-10-6-9-22-26(23)28(34)31(27(22)33)18-20-11-12-25(35-2)24(32)17-20/h3-12,17,19,32H,13-16,18H2,1-2H3/t19-/m1/s1. The van der Waals surface area contributed by atoms with Crippen molar-refractivity contribution in [1.82, 2.24) is 9.80 Å². The number of rotatable bonds is 6. The van der Waals surface area contributed by atoms with Gasteiger partial charge in [-0.15, -0.1) is 0 Å². The molecule has 1 atom stereocenters. The normalized spacial score (nSPS) is 17.0. The van der Waals surface area contributed by atoms with E-state index in [1.807, 2.05) is 18.2 Å². The molecule has 7 nitrogen and oxygen atoms in total. The molecule has 0 aromatic heterocycles. The maximum atomic E-state index is 13.4. The fourth-order valence-corrected chi connectivity index (χ4v) is 5.03. The monoisotopic (exact) mass is 471 g/mol. The number of hydrogen-bond acceptors (Lipinski definition) is 6. The van der Waals surface area contributed by atoms with Crippen molar-refractivity contribution in [2.75, 3.05) is 38.2 Å². The molecule has 0 bridgehead atoms. The number of carbonyl (C=O) groups is 2. The quantitative estimate of drug-likeness (QED) is 0.546. The van der Waals surface area contributed by atoms with Gasteiger partial charge in [0, 0.05) is 32.2 Å². The van der Waals surface area contributed by atoms with Crippen molar-refractivity contribution in [1.29, 1.82) is 0 Å². The summed E-state index contributed by atoms with van der Waals surface area (Å²) < 4.78 is 5.09. The molecule has 180 valence electrons. The first-order chi connectivity index (χ1) is 17.0. The molecule has 1 saturated heterocycles. The van der Waals surface area contributed by atoms with Crippen LogP contribution in [-0.2, 0) is 6.54 Å². The van der Waals surface area contributed by atoms with Crippen molar-refractivity contribution < 1.29 is 19.4 Å². The lowest BCUT2D eigenvalue weighted by Crippen LogP contribution is -2.47. The Morgan fingerprint density at radius 2 is 1.66 bits per heavy atom. The van der Waals surface area contributed by atoms with Gasteiger partial charge >= 0.3 is 0 Å². The van der Waals surface area contributed by atoms with Gasteiger partial charge in [0.05, 0.1) is 30.5 Å². The number of phenolic OH excluding ortho intramolecular Hbond substituents is 1. The summed E-state index contributed by atoms with van der Waals surface area (Å²) in [7, 11) is 1.47. The predicted octanol–water partition coefficient (Wildman–Crippen LogP) is 4.08. The van der Waals surface area contributed by atoms with Crippen LogP contribution in [-0.4, -0.2) is 60.0 Å². The fraction of sp³-hybridized carbons (Fsp3) is 0.286. The lowest BCUT2D eigenvalue weighted by atomic mass is 10.0. The van der Waals surface area contributed by atoms with Gasteiger partial charge in [-0.2, -0.15) is 0 Å². The van der Waals surface area contributed by atoms with E-state index in [0.717, 1.165) is 31.9 Å². The summed E-state index contributed by atoms with van der Waals surface area (Å²) in [6.07, 6.45) is 0. The molecule has 0 unspecified atom stereocenters. The van der Waals surface area contributed by atoms with E-state index in [2.05, 4.69) is 41.0 Å². The van der Waals surface area contributed by atoms with E-state index < -0.39 is 0 Å². The van der Waals surface area contributed by atoms with Gasteiger partial charge in [-0.3, -0.25) is 19.4 Å². The van der Waals surface area contributed by atoms with Gasteiger partial charge in [-0.1, -0.05) is 42.5 Å². The third-order valence-electron chi connectivity index (χ3n) is 7.05. The van der Waals surface area contributed by atoms with Gasteiger partial charge in [0.15, 0.2) is 11.5 Å². The van der Waals surface area contributed by atoms with Gasteiger partial charge in [-0.05, 0) is 42.3 Å². The number of fused-ring (bicyclic) bond motifs is 1. The molecule has 0 aliphatic carbocycles. The lowest BCUT2D eigenvalue weighted by molar-refractivity contribution is 0.0642. The fourth-order valence-electron chi connectivity index (χ4n) is 5.03. The maximum absolute atomic E-state index is 13.4. The van der Waals surface area contributed by atoms with E-state index in [9.17, 15) is 14.7 Å². The number of imide groups is 1. The van der Waals surface area contributed by atoms with Crippen molar-refractivity contribution >= 4 is 17.5 Å². The number of aromatic hydroxyl groups is 1. The molecule has 0 saturated carbocycles. The molecule has 2 heterocycles. The first kappa shape index (κ1) is 22.9. The van der Waals surface area contributed by atoms with Crippen LogP contribution >= 0.6 is 0 Å². The Balaban J connectivity index is 1.33. The molecule has 2 aliphatic rings. The van der Waals surface area contributed by atoms with Crippen molar-refractivity contribution in [2.24, 2.45) is 0 Å². The van der Waals surface area contributed by atoms with Crippen LogP contribution in [0.1, 0.15) is 44.8 Å². The summed E-state index contributed by atoms with van der Waals surface area (Å²) in [6.45, 7) is 5.62. The van der Waals surface area contributed by atoms with E-state index in [-0.39, 0.29) is 24.1 Å². The highest BCUT2D eigenvalue weighted by molar-refractivity contribution is 6.23. The minimum Gasteiger partial charge on any atom is -0.504 e. The third-order valence-corrected chi connectivity index (χ3v) is 7.05. The summed E-state index contributed by atoms with van der Waals surface area (Å²) in [5.74, 6) is -0.279. The van der Waals surface area contributed by atoms with Crippen LogP contribution in [0.15, 0.2) is 66.7 Å². The molecule has 3 aromatic rings. The van der Waals surface area contributed by atoms with Crippen LogP contribution in [0, 0.1) is 0 Å². The second kappa shape index (κ2) is 9.43. The maximum Gasteiger partial charge on any atom is 0.263 e.